The number of benzene rings is 2. The van der Waals surface area contributed by atoms with Gasteiger partial charge in [0.15, 0.2) is 0 Å². The Morgan fingerprint density at radius 1 is 0.542 bits per heavy atom. The fourth-order valence-corrected chi connectivity index (χ4v) is 8.18. The molecule has 0 bridgehead atoms. The molecular weight excluding hydrogens is 326 g/mol. The monoisotopic (exact) mass is 360 g/mol. The fourth-order valence-electron chi connectivity index (χ4n) is 3.47. The molecule has 0 radical (unpaired) electrons. The van der Waals surface area contributed by atoms with Crippen molar-refractivity contribution < 1.29 is 0 Å². The van der Waals surface area contributed by atoms with Crippen LogP contribution < -0.4 is 10.6 Å². The van der Waals surface area contributed by atoms with Gasteiger partial charge in [0.2, 0.25) is 0 Å². The van der Waals surface area contributed by atoms with Gasteiger partial charge in [0.05, 0.1) is 38.0 Å². The van der Waals surface area contributed by atoms with Crippen LogP contribution in [0, 0.1) is 0 Å². The quantitative estimate of drug-likeness (QED) is 0.533. The van der Waals surface area contributed by atoms with Crippen molar-refractivity contribution in [3.05, 3.63) is 48.5 Å². The van der Waals surface area contributed by atoms with Crippen LogP contribution in [0.2, 0.25) is 0 Å². The van der Waals surface area contributed by atoms with Gasteiger partial charge in [-0.1, -0.05) is 36.4 Å². The lowest BCUT2D eigenvalue weighted by Gasteiger charge is -2.26. The van der Waals surface area contributed by atoms with E-state index in [1.807, 2.05) is 0 Å². The van der Waals surface area contributed by atoms with E-state index in [-0.39, 0.29) is 0 Å². The highest BCUT2D eigenvalue weighted by atomic mass is 31.2. The minimum atomic E-state index is -1.06. The van der Waals surface area contributed by atoms with E-state index in [0.717, 1.165) is 0 Å². The summed E-state index contributed by atoms with van der Waals surface area (Å²) in [6, 6.07) is 18.5. The van der Waals surface area contributed by atoms with Gasteiger partial charge in [-0.25, -0.2) is 0 Å². The van der Waals surface area contributed by atoms with E-state index in [1.165, 1.54) is 35.8 Å². The van der Waals surface area contributed by atoms with Crippen LogP contribution in [0.4, 0.5) is 0 Å². The zero-order chi connectivity index (χ0) is 17.8. The largest absolute Gasteiger partial charge is 0.102 e. The van der Waals surface area contributed by atoms with Crippen molar-refractivity contribution in [3.8, 4) is 11.1 Å². The summed E-state index contributed by atoms with van der Waals surface area (Å²) in [5, 5.41) is 3.25. The van der Waals surface area contributed by atoms with Crippen molar-refractivity contribution in [3.63, 3.8) is 0 Å². The summed E-state index contributed by atoms with van der Waals surface area (Å²) in [4.78, 5) is 0. The molecule has 0 aliphatic heterocycles. The lowest BCUT2D eigenvalue weighted by atomic mass is 10.1. The third-order valence-electron chi connectivity index (χ3n) is 6.05. The molecule has 0 aromatic heterocycles. The first-order chi connectivity index (χ1) is 11.5. The summed E-state index contributed by atoms with van der Waals surface area (Å²) in [5.74, 6) is 0. The Bertz CT molecular complexity index is 608. The first-order valence-electron chi connectivity index (χ1n) is 9.34. The van der Waals surface area contributed by atoms with Crippen LogP contribution in [0.3, 0.4) is 0 Å². The minimum absolute atomic E-state index is 1.06. The standard InChI is InChI=1S/C22H34P2/c1-7-23(5,8-2)21-17-13-11-15-19(21)20-16-12-14-18-22(20)24(6,9-3)10-4/h11-18H,7-10H2,1-6H3/q+2. The summed E-state index contributed by atoms with van der Waals surface area (Å²) >= 11 is 0. The molecule has 0 N–H and O–H groups in total. The summed E-state index contributed by atoms with van der Waals surface area (Å²) in [7, 11) is -2.13. The first-order valence-corrected chi connectivity index (χ1v) is 14.6. The molecule has 2 heteroatoms. The Hall–Kier alpha value is -0.700. The van der Waals surface area contributed by atoms with Gasteiger partial charge >= 0.3 is 0 Å². The van der Waals surface area contributed by atoms with Gasteiger partial charge in [-0.2, -0.15) is 0 Å². The van der Waals surface area contributed by atoms with Crippen LogP contribution in [0.5, 0.6) is 0 Å². The van der Waals surface area contributed by atoms with E-state index >= 15 is 0 Å². The molecule has 0 unspecified atom stereocenters. The summed E-state index contributed by atoms with van der Waals surface area (Å²) in [6.45, 7) is 14.5. The van der Waals surface area contributed by atoms with E-state index in [9.17, 15) is 0 Å². The molecule has 0 fully saturated rings. The molecule has 130 valence electrons. The van der Waals surface area contributed by atoms with Crippen LogP contribution in [0.1, 0.15) is 27.7 Å². The molecule has 2 rings (SSSR count). The lowest BCUT2D eigenvalue weighted by molar-refractivity contribution is 1.38. The van der Waals surface area contributed by atoms with Gasteiger partial charge in [0.25, 0.3) is 0 Å². The highest BCUT2D eigenvalue weighted by Crippen LogP contribution is 2.57. The van der Waals surface area contributed by atoms with Crippen molar-refractivity contribution in [1.82, 2.24) is 0 Å². The molecule has 0 spiro atoms. The van der Waals surface area contributed by atoms with Gasteiger partial charge in [-0.15, -0.1) is 0 Å². The molecule has 2 aromatic carbocycles. The minimum Gasteiger partial charge on any atom is -0.0614 e. The predicted octanol–water partition coefficient (Wildman–Crippen LogP) is 5.98. The molecule has 0 heterocycles. The average molecular weight is 360 g/mol. The van der Waals surface area contributed by atoms with Gasteiger partial charge in [-0.3, -0.25) is 0 Å². The molecule has 2 aromatic rings. The molecule has 0 saturated heterocycles. The van der Waals surface area contributed by atoms with Crippen LogP contribution in [-0.4, -0.2) is 38.0 Å². The Morgan fingerprint density at radius 2 is 0.833 bits per heavy atom. The van der Waals surface area contributed by atoms with Crippen molar-refractivity contribution in [2.75, 3.05) is 38.0 Å². The molecule has 0 atom stereocenters. The van der Waals surface area contributed by atoms with E-state index in [0.29, 0.717) is 0 Å². The Morgan fingerprint density at radius 3 is 1.12 bits per heavy atom. The molecule has 24 heavy (non-hydrogen) atoms. The zero-order valence-electron chi connectivity index (χ0n) is 16.3. The smallest absolute Gasteiger partial charge is 0.0614 e. The SMILES string of the molecule is CC[P+](C)(CC)c1ccccc1-c1ccccc1[P+](C)(CC)CC. The Kier molecular flexibility index (Phi) is 6.64. The van der Waals surface area contributed by atoms with E-state index in [2.05, 4.69) is 89.6 Å². The molecule has 0 amide bonds. The van der Waals surface area contributed by atoms with Gasteiger partial charge in [0.1, 0.15) is 10.6 Å². The van der Waals surface area contributed by atoms with E-state index in [4.69, 9.17) is 0 Å². The predicted molar refractivity (Wildman–Crippen MR) is 119 cm³/mol. The molecular formula is C22H34P2+2. The topological polar surface area (TPSA) is 0 Å². The van der Waals surface area contributed by atoms with Gasteiger partial charge in [-0.05, 0) is 39.8 Å². The van der Waals surface area contributed by atoms with Gasteiger partial charge in [0, 0.05) is 25.7 Å². The normalized spacial score (nSPS) is 12.4. The molecule has 0 saturated carbocycles. The second-order valence-electron chi connectivity index (χ2n) is 7.09. The summed E-state index contributed by atoms with van der Waals surface area (Å²) in [5.41, 5.74) is 3.00. The summed E-state index contributed by atoms with van der Waals surface area (Å²) < 4.78 is 0. The number of hydrogen-bond acceptors (Lipinski definition) is 0. The highest BCUT2D eigenvalue weighted by molar-refractivity contribution is 7.83. The molecule has 0 aliphatic rings. The second kappa shape index (κ2) is 8.12. The van der Waals surface area contributed by atoms with Gasteiger partial charge < -0.3 is 0 Å². The lowest BCUT2D eigenvalue weighted by Crippen LogP contribution is -2.22. The fraction of sp³-hybridized carbons (Fsp3) is 0.455. The maximum atomic E-state index is 2.53. The van der Waals surface area contributed by atoms with E-state index < -0.39 is 14.5 Å². The summed E-state index contributed by atoms with van der Waals surface area (Å²) in [6.07, 6.45) is 5.15. The number of rotatable bonds is 7. The molecule has 0 aliphatic carbocycles. The van der Waals surface area contributed by atoms with Crippen LogP contribution in [0.15, 0.2) is 48.5 Å². The maximum absolute atomic E-state index is 2.53. The zero-order valence-corrected chi connectivity index (χ0v) is 18.1. The Balaban J connectivity index is 2.72. The van der Waals surface area contributed by atoms with Crippen molar-refractivity contribution >= 4 is 25.1 Å². The van der Waals surface area contributed by atoms with Crippen LogP contribution in [0.25, 0.3) is 11.1 Å². The maximum Gasteiger partial charge on any atom is 0.102 e. The van der Waals surface area contributed by atoms with Crippen molar-refractivity contribution in [2.24, 2.45) is 0 Å². The van der Waals surface area contributed by atoms with Crippen LogP contribution in [-0.2, 0) is 0 Å². The van der Waals surface area contributed by atoms with E-state index in [1.54, 1.807) is 10.6 Å². The molecule has 0 nitrogen and oxygen atoms in total. The second-order valence-corrected chi connectivity index (χ2v) is 16.2. The third-order valence-corrected chi connectivity index (χ3v) is 14.7. The third kappa shape index (κ3) is 3.61. The highest BCUT2D eigenvalue weighted by Gasteiger charge is 2.37. The van der Waals surface area contributed by atoms with Crippen LogP contribution >= 0.6 is 14.5 Å². The Labute approximate surface area is 150 Å². The number of hydrogen-bond donors (Lipinski definition) is 0. The van der Waals surface area contributed by atoms with Crippen molar-refractivity contribution in [2.45, 2.75) is 27.7 Å². The van der Waals surface area contributed by atoms with Crippen molar-refractivity contribution in [1.29, 1.82) is 0 Å². The first kappa shape index (κ1) is 19.6. The average Bonchev–Trinajstić information content (AvgIpc) is 2.66.